The fourth-order valence-electron chi connectivity index (χ4n) is 0.428. The molecule has 0 atom stereocenters. The predicted octanol–water partition coefficient (Wildman–Crippen LogP) is 1.90. The molecule has 3 nitrogen and oxygen atoms in total. The summed E-state index contributed by atoms with van der Waals surface area (Å²) in [6, 6.07) is 8.71. The first-order chi connectivity index (χ1) is 5.81. The average molecular weight is 168 g/mol. The van der Waals surface area contributed by atoms with Crippen molar-refractivity contribution in [2.75, 3.05) is 0 Å². The third-order valence-electron chi connectivity index (χ3n) is 0.756. The highest BCUT2D eigenvalue weighted by Gasteiger charge is 1.74. The third kappa shape index (κ3) is 11.1. The van der Waals surface area contributed by atoms with E-state index in [4.69, 9.17) is 15.0 Å². The minimum atomic E-state index is -0.250. The van der Waals surface area contributed by atoms with Gasteiger partial charge in [-0.15, -0.1) is 13.2 Å². The lowest BCUT2D eigenvalue weighted by molar-refractivity contribution is -0.122. The molecule has 0 aromatic heterocycles. The van der Waals surface area contributed by atoms with Crippen LogP contribution in [0.3, 0.4) is 0 Å². The van der Waals surface area contributed by atoms with Gasteiger partial charge < -0.3 is 10.2 Å². The van der Waals surface area contributed by atoms with Crippen LogP contribution in [0.2, 0.25) is 0 Å². The molecule has 66 valence electrons. The Morgan fingerprint density at radius 3 is 1.67 bits per heavy atom. The molecule has 1 aromatic rings. The lowest BCUT2D eigenvalue weighted by atomic mass is 10.3. The van der Waals surface area contributed by atoms with Crippen LogP contribution >= 0.6 is 0 Å². The first-order valence-electron chi connectivity index (χ1n) is 3.13. The molecule has 2 N–H and O–H groups in total. The van der Waals surface area contributed by atoms with Crippen molar-refractivity contribution < 1.29 is 15.0 Å². The van der Waals surface area contributed by atoms with Crippen molar-refractivity contribution in [3.63, 3.8) is 0 Å². The van der Waals surface area contributed by atoms with Crippen LogP contribution < -0.4 is 0 Å². The summed E-state index contributed by atoms with van der Waals surface area (Å²) in [6.07, 6.45) is 0. The van der Waals surface area contributed by atoms with Crippen molar-refractivity contribution in [3.05, 3.63) is 43.5 Å². The SMILES string of the molecule is C=C.O=CO.Oc1ccccc1. The van der Waals surface area contributed by atoms with Crippen molar-refractivity contribution >= 4 is 6.47 Å². The van der Waals surface area contributed by atoms with Crippen molar-refractivity contribution in [2.24, 2.45) is 0 Å². The van der Waals surface area contributed by atoms with Gasteiger partial charge in [0, 0.05) is 0 Å². The van der Waals surface area contributed by atoms with Crippen LogP contribution in [-0.4, -0.2) is 16.7 Å². The molecule has 0 spiro atoms. The lowest BCUT2D eigenvalue weighted by Gasteiger charge is -1.82. The predicted molar refractivity (Wildman–Crippen MR) is 48.1 cm³/mol. The second kappa shape index (κ2) is 12.0. The van der Waals surface area contributed by atoms with Gasteiger partial charge in [-0.3, -0.25) is 4.79 Å². The van der Waals surface area contributed by atoms with Gasteiger partial charge in [-0.05, 0) is 12.1 Å². The third-order valence-corrected chi connectivity index (χ3v) is 0.756. The number of carboxylic acid groups (broad SMARTS) is 1. The Kier molecular flexibility index (Phi) is 12.8. The van der Waals surface area contributed by atoms with Crippen LogP contribution in [-0.2, 0) is 4.79 Å². The molecule has 0 unspecified atom stereocenters. The van der Waals surface area contributed by atoms with E-state index >= 15 is 0 Å². The van der Waals surface area contributed by atoms with Gasteiger partial charge in [0.1, 0.15) is 5.75 Å². The van der Waals surface area contributed by atoms with Crippen molar-refractivity contribution in [1.82, 2.24) is 0 Å². The average Bonchev–Trinajstić information content (AvgIpc) is 2.11. The van der Waals surface area contributed by atoms with Crippen LogP contribution in [0.5, 0.6) is 5.75 Å². The van der Waals surface area contributed by atoms with E-state index in [1.54, 1.807) is 24.3 Å². The highest BCUT2D eigenvalue weighted by molar-refractivity contribution is 5.32. The molecular weight excluding hydrogens is 156 g/mol. The van der Waals surface area contributed by atoms with E-state index in [1.807, 2.05) is 6.07 Å². The minimum absolute atomic E-state index is 0.250. The van der Waals surface area contributed by atoms with Gasteiger partial charge in [-0.2, -0.15) is 0 Å². The summed E-state index contributed by atoms with van der Waals surface area (Å²) in [7, 11) is 0. The number of hydrogen-bond donors (Lipinski definition) is 2. The van der Waals surface area contributed by atoms with Gasteiger partial charge >= 0.3 is 0 Å². The Hall–Kier alpha value is -1.77. The summed E-state index contributed by atoms with van der Waals surface area (Å²) >= 11 is 0. The normalized spacial score (nSPS) is 6.33. The maximum Gasteiger partial charge on any atom is 0.290 e. The Balaban J connectivity index is 0. The van der Waals surface area contributed by atoms with Gasteiger partial charge in [-0.1, -0.05) is 18.2 Å². The quantitative estimate of drug-likeness (QED) is 0.459. The second-order valence-corrected chi connectivity index (χ2v) is 1.44. The summed E-state index contributed by atoms with van der Waals surface area (Å²) in [5.41, 5.74) is 0. The van der Waals surface area contributed by atoms with E-state index in [9.17, 15) is 0 Å². The van der Waals surface area contributed by atoms with Crippen molar-refractivity contribution in [1.29, 1.82) is 0 Å². The molecule has 0 saturated carbocycles. The van der Waals surface area contributed by atoms with E-state index in [2.05, 4.69) is 13.2 Å². The first-order valence-corrected chi connectivity index (χ1v) is 3.13. The van der Waals surface area contributed by atoms with E-state index in [0.29, 0.717) is 5.75 Å². The summed E-state index contributed by atoms with van der Waals surface area (Å²) in [4.78, 5) is 8.36. The largest absolute Gasteiger partial charge is 0.508 e. The standard InChI is InChI=1S/C6H6O.C2H4.CH2O2/c7-6-4-2-1-3-5-6;1-2;2-1-3/h1-5,7H;1-2H2;1H,(H,2,3). The fourth-order valence-corrected chi connectivity index (χ4v) is 0.428. The zero-order chi connectivity index (χ0) is 9.82. The highest BCUT2D eigenvalue weighted by Crippen LogP contribution is 2.02. The molecule has 0 amide bonds. The lowest BCUT2D eigenvalue weighted by Crippen LogP contribution is -1.56. The zero-order valence-electron chi connectivity index (χ0n) is 6.68. The molecule has 0 fully saturated rings. The van der Waals surface area contributed by atoms with Gasteiger partial charge in [0.2, 0.25) is 0 Å². The molecule has 0 heterocycles. The Bertz CT molecular complexity index is 184. The van der Waals surface area contributed by atoms with Gasteiger partial charge in [0.15, 0.2) is 0 Å². The molecule has 12 heavy (non-hydrogen) atoms. The van der Waals surface area contributed by atoms with Crippen LogP contribution in [0, 0.1) is 0 Å². The molecular formula is C9H12O3. The van der Waals surface area contributed by atoms with E-state index in [0.717, 1.165) is 0 Å². The van der Waals surface area contributed by atoms with Gasteiger partial charge in [0.25, 0.3) is 6.47 Å². The maximum atomic E-state index is 8.63. The number of hydrogen-bond acceptors (Lipinski definition) is 2. The Morgan fingerprint density at radius 2 is 1.50 bits per heavy atom. The molecule has 0 aliphatic carbocycles. The highest BCUT2D eigenvalue weighted by atomic mass is 16.3. The molecule has 3 heteroatoms. The second-order valence-electron chi connectivity index (χ2n) is 1.44. The Labute approximate surface area is 71.6 Å². The molecule has 0 aliphatic heterocycles. The maximum absolute atomic E-state index is 8.63. The summed E-state index contributed by atoms with van der Waals surface area (Å²) in [5, 5.41) is 15.5. The van der Waals surface area contributed by atoms with E-state index in [-0.39, 0.29) is 6.47 Å². The van der Waals surface area contributed by atoms with E-state index in [1.165, 1.54) is 0 Å². The monoisotopic (exact) mass is 168 g/mol. The van der Waals surface area contributed by atoms with Crippen LogP contribution in [0.1, 0.15) is 0 Å². The number of phenols is 1. The number of rotatable bonds is 0. The number of phenolic OH excluding ortho intramolecular Hbond substituents is 1. The van der Waals surface area contributed by atoms with E-state index < -0.39 is 0 Å². The minimum Gasteiger partial charge on any atom is -0.508 e. The van der Waals surface area contributed by atoms with Crippen LogP contribution in [0.25, 0.3) is 0 Å². The van der Waals surface area contributed by atoms with Crippen LogP contribution in [0.4, 0.5) is 0 Å². The molecule has 0 saturated heterocycles. The molecule has 1 aromatic carbocycles. The number of aromatic hydroxyl groups is 1. The Morgan fingerprint density at radius 1 is 1.17 bits per heavy atom. The molecule has 1 rings (SSSR count). The summed E-state index contributed by atoms with van der Waals surface area (Å²) < 4.78 is 0. The number of carbonyl (C=O) groups is 1. The first kappa shape index (κ1) is 12.9. The topological polar surface area (TPSA) is 57.5 Å². The summed E-state index contributed by atoms with van der Waals surface area (Å²) in [5.74, 6) is 0.322. The number of benzene rings is 1. The zero-order valence-corrected chi connectivity index (χ0v) is 6.68. The smallest absolute Gasteiger partial charge is 0.290 e. The molecule has 0 aliphatic rings. The number of para-hydroxylation sites is 1. The van der Waals surface area contributed by atoms with Gasteiger partial charge in [0.05, 0.1) is 0 Å². The fraction of sp³-hybridized carbons (Fsp3) is 0. The molecule has 0 bridgehead atoms. The van der Waals surface area contributed by atoms with Crippen LogP contribution in [0.15, 0.2) is 43.5 Å². The summed E-state index contributed by atoms with van der Waals surface area (Å²) in [6.45, 7) is 5.75. The van der Waals surface area contributed by atoms with Crippen molar-refractivity contribution in [3.8, 4) is 5.75 Å². The van der Waals surface area contributed by atoms with Crippen molar-refractivity contribution in [2.45, 2.75) is 0 Å². The van der Waals surface area contributed by atoms with Gasteiger partial charge in [-0.25, -0.2) is 0 Å². The molecule has 0 radical (unpaired) electrons.